The third-order valence-electron chi connectivity index (χ3n) is 6.47. The molecule has 0 aliphatic carbocycles. The van der Waals surface area contributed by atoms with Gasteiger partial charge in [0.05, 0.1) is 12.2 Å². The summed E-state index contributed by atoms with van der Waals surface area (Å²) in [5.74, 6) is 0.568. The number of thiophene rings is 1. The van der Waals surface area contributed by atoms with Crippen LogP contribution in [0.4, 0.5) is 5.95 Å². The van der Waals surface area contributed by atoms with Gasteiger partial charge in [0.1, 0.15) is 0 Å². The van der Waals surface area contributed by atoms with Crippen LogP contribution in [0.5, 0.6) is 0 Å². The zero-order valence-corrected chi connectivity index (χ0v) is 19.2. The van der Waals surface area contributed by atoms with Crippen LogP contribution in [0, 0.1) is 0 Å². The highest BCUT2D eigenvalue weighted by atomic mass is 32.1. The maximum absolute atomic E-state index is 11.4. The number of nitrogens with zero attached hydrogens (tertiary/aromatic N) is 3. The molecule has 1 fully saturated rings. The largest absolute Gasteiger partial charge is 0.370 e. The topological polar surface area (TPSA) is 83.1 Å². The third kappa shape index (κ3) is 4.48. The molecule has 32 heavy (non-hydrogen) atoms. The van der Waals surface area contributed by atoms with Crippen LogP contribution >= 0.6 is 11.3 Å². The Bertz CT molecular complexity index is 1120. The van der Waals surface area contributed by atoms with E-state index in [2.05, 4.69) is 38.2 Å². The van der Waals surface area contributed by atoms with Gasteiger partial charge in [-0.15, -0.1) is 11.3 Å². The number of rotatable bonds is 6. The van der Waals surface area contributed by atoms with E-state index >= 15 is 0 Å². The van der Waals surface area contributed by atoms with E-state index in [4.69, 9.17) is 4.74 Å². The van der Waals surface area contributed by atoms with E-state index in [1.807, 2.05) is 29.8 Å². The van der Waals surface area contributed by atoms with Gasteiger partial charge < -0.3 is 15.0 Å². The number of anilines is 1. The van der Waals surface area contributed by atoms with Crippen molar-refractivity contribution in [2.24, 2.45) is 0 Å². The molecule has 8 heteroatoms. The lowest BCUT2D eigenvalue weighted by Gasteiger charge is -2.44. The van der Waals surface area contributed by atoms with Crippen molar-refractivity contribution < 1.29 is 4.74 Å². The monoisotopic (exact) mass is 451 g/mol. The number of nitrogens with one attached hydrogen (secondary N) is 2. The van der Waals surface area contributed by atoms with Crippen molar-refractivity contribution in [3.05, 3.63) is 73.6 Å². The average molecular weight is 452 g/mol. The van der Waals surface area contributed by atoms with Crippen molar-refractivity contribution in [3.8, 4) is 0 Å². The van der Waals surface area contributed by atoms with Gasteiger partial charge in [-0.05, 0) is 42.5 Å². The van der Waals surface area contributed by atoms with E-state index in [9.17, 15) is 4.79 Å². The van der Waals surface area contributed by atoms with E-state index in [0.717, 1.165) is 63.1 Å². The molecule has 0 saturated carbocycles. The van der Waals surface area contributed by atoms with Gasteiger partial charge in [0.2, 0.25) is 11.5 Å². The summed E-state index contributed by atoms with van der Waals surface area (Å²) in [5.41, 5.74) is 3.27. The van der Waals surface area contributed by atoms with Crippen molar-refractivity contribution in [3.63, 3.8) is 0 Å². The van der Waals surface area contributed by atoms with Crippen LogP contribution in [0.1, 0.15) is 46.2 Å². The van der Waals surface area contributed by atoms with E-state index < -0.39 is 0 Å². The number of aromatic amines is 1. The summed E-state index contributed by atoms with van der Waals surface area (Å²) < 4.78 is 6.40. The molecular weight excluding hydrogens is 422 g/mol. The Morgan fingerprint density at radius 2 is 2.03 bits per heavy atom. The van der Waals surface area contributed by atoms with E-state index in [-0.39, 0.29) is 11.2 Å². The normalized spacial score (nSPS) is 17.9. The van der Waals surface area contributed by atoms with E-state index in [1.54, 1.807) is 12.3 Å². The first-order chi connectivity index (χ1) is 15.6. The van der Waals surface area contributed by atoms with Crippen LogP contribution in [0.2, 0.25) is 0 Å². The second-order valence-electron chi connectivity index (χ2n) is 8.60. The number of aryl methyl sites for hydroxylation is 1. The molecule has 7 nitrogen and oxygen atoms in total. The summed E-state index contributed by atoms with van der Waals surface area (Å²) in [6.07, 6.45) is 9.66. The van der Waals surface area contributed by atoms with Crippen molar-refractivity contribution >= 4 is 17.3 Å². The lowest BCUT2D eigenvalue weighted by Crippen LogP contribution is -2.45. The molecule has 0 radical (unpaired) electrons. The van der Waals surface area contributed by atoms with Gasteiger partial charge in [-0.1, -0.05) is 6.92 Å². The summed E-state index contributed by atoms with van der Waals surface area (Å²) in [6.45, 7) is 6.47. The summed E-state index contributed by atoms with van der Waals surface area (Å²) in [6, 6.07) is 5.84. The zero-order valence-electron chi connectivity index (χ0n) is 18.4. The molecular formula is C24H29N5O2S. The molecule has 3 aromatic heterocycles. The summed E-state index contributed by atoms with van der Waals surface area (Å²) in [5, 5.41) is 3.17. The summed E-state index contributed by atoms with van der Waals surface area (Å²) in [4.78, 5) is 28.4. The molecule has 2 aliphatic rings. The second kappa shape index (κ2) is 9.13. The molecule has 0 bridgehead atoms. The van der Waals surface area contributed by atoms with Crippen LogP contribution in [0.3, 0.4) is 0 Å². The van der Waals surface area contributed by atoms with Gasteiger partial charge in [-0.3, -0.25) is 9.69 Å². The lowest BCUT2D eigenvalue weighted by atomic mass is 9.82. The zero-order chi connectivity index (χ0) is 22.0. The van der Waals surface area contributed by atoms with Gasteiger partial charge in [-0.25, -0.2) is 9.97 Å². The molecule has 1 spiro atoms. The minimum Gasteiger partial charge on any atom is -0.370 e. The van der Waals surface area contributed by atoms with Crippen molar-refractivity contribution in [2.75, 3.05) is 25.0 Å². The fourth-order valence-corrected chi connectivity index (χ4v) is 5.88. The Balaban J connectivity index is 1.16. The van der Waals surface area contributed by atoms with Gasteiger partial charge in [0.25, 0.3) is 0 Å². The van der Waals surface area contributed by atoms with Crippen molar-refractivity contribution in [2.45, 2.75) is 51.3 Å². The van der Waals surface area contributed by atoms with Gasteiger partial charge in [0.15, 0.2) is 0 Å². The summed E-state index contributed by atoms with van der Waals surface area (Å²) in [7, 11) is 0. The van der Waals surface area contributed by atoms with Crippen LogP contribution in [0.25, 0.3) is 0 Å². The van der Waals surface area contributed by atoms with Crippen LogP contribution in [0.15, 0.2) is 41.6 Å². The molecule has 0 atom stereocenters. The molecule has 0 unspecified atom stereocenters. The standard InChI is InChI=1S/C24H29N5O2S/c1-2-19-12-20-21(32-19)4-10-31-24(20)5-8-29(9-6-24)16-18-14-27-23(28-15-18)26-13-17-3-7-25-22(30)11-17/h3,7,11-12,14-15H,2,4-6,8-10,13,16H2,1H3,(H,25,30)(H,26,27,28). The SMILES string of the molecule is CCc1cc2c(s1)CCOC21CCN(Cc2cnc(NCc3cc[nH]c(=O)c3)nc2)CC1. The number of likely N-dealkylation sites (tertiary alicyclic amines) is 1. The van der Waals surface area contributed by atoms with Crippen molar-refractivity contribution in [1.29, 1.82) is 0 Å². The van der Waals surface area contributed by atoms with Crippen LogP contribution in [-0.4, -0.2) is 39.5 Å². The number of hydrogen-bond donors (Lipinski definition) is 2. The smallest absolute Gasteiger partial charge is 0.248 e. The first kappa shape index (κ1) is 21.3. The predicted molar refractivity (Wildman–Crippen MR) is 126 cm³/mol. The van der Waals surface area contributed by atoms with Crippen LogP contribution in [-0.2, 0) is 36.3 Å². The Morgan fingerprint density at radius 3 is 2.78 bits per heavy atom. The number of ether oxygens (including phenoxy) is 1. The van der Waals surface area contributed by atoms with Gasteiger partial charge in [0, 0.05) is 72.6 Å². The number of pyridine rings is 1. The average Bonchev–Trinajstić information content (AvgIpc) is 3.26. The van der Waals surface area contributed by atoms with Gasteiger partial charge >= 0.3 is 0 Å². The molecule has 5 rings (SSSR count). The molecule has 3 aromatic rings. The molecule has 0 aromatic carbocycles. The lowest BCUT2D eigenvalue weighted by molar-refractivity contribution is -0.0981. The van der Waals surface area contributed by atoms with E-state index in [0.29, 0.717) is 12.5 Å². The minimum atomic E-state index is -0.108. The summed E-state index contributed by atoms with van der Waals surface area (Å²) >= 11 is 1.98. The quantitative estimate of drug-likeness (QED) is 0.597. The maximum atomic E-state index is 11.4. The number of hydrogen-bond acceptors (Lipinski definition) is 7. The molecule has 1 saturated heterocycles. The van der Waals surface area contributed by atoms with Crippen LogP contribution < -0.4 is 10.9 Å². The van der Waals surface area contributed by atoms with Crippen molar-refractivity contribution in [1.82, 2.24) is 19.9 Å². The predicted octanol–water partition coefficient (Wildman–Crippen LogP) is 3.46. The van der Waals surface area contributed by atoms with Gasteiger partial charge in [-0.2, -0.15) is 0 Å². The number of H-pyrrole nitrogens is 1. The first-order valence-electron chi connectivity index (χ1n) is 11.3. The van der Waals surface area contributed by atoms with E-state index in [1.165, 1.54) is 15.3 Å². The molecule has 168 valence electrons. The highest BCUT2D eigenvalue weighted by Gasteiger charge is 2.41. The third-order valence-corrected chi connectivity index (χ3v) is 7.81. The fourth-order valence-electron chi connectivity index (χ4n) is 4.70. The number of aromatic nitrogens is 3. The molecule has 0 amide bonds. The maximum Gasteiger partial charge on any atom is 0.248 e. The minimum absolute atomic E-state index is 0.0859. The second-order valence-corrected chi connectivity index (χ2v) is 9.82. The molecule has 2 aliphatic heterocycles. The Kier molecular flexibility index (Phi) is 6.08. The highest BCUT2D eigenvalue weighted by Crippen LogP contribution is 2.44. The first-order valence-corrected chi connectivity index (χ1v) is 12.2. The molecule has 5 heterocycles. The Morgan fingerprint density at radius 1 is 1.22 bits per heavy atom. The Hall–Kier alpha value is -2.55. The Labute approximate surface area is 191 Å². The molecule has 2 N–H and O–H groups in total. The number of piperidine rings is 1. The highest BCUT2D eigenvalue weighted by molar-refractivity contribution is 7.12. The number of fused-ring (bicyclic) bond motifs is 2. The fraction of sp³-hybridized carbons (Fsp3) is 0.458.